The molecule has 4 nitrogen and oxygen atoms in total. The number of hydrogen-bond donors (Lipinski definition) is 1. The molecule has 96 valence electrons. The van der Waals surface area contributed by atoms with Crippen LogP contribution in [-0.2, 0) is 18.4 Å². The van der Waals surface area contributed by atoms with Gasteiger partial charge in [-0.05, 0) is 13.0 Å². The van der Waals surface area contributed by atoms with E-state index in [-0.39, 0.29) is 6.04 Å². The standard InChI is InChI=1S/C14H19N3O/c1-11(14-15-8-9-17(14)2)16-13-7-5-4-6-12(13)10-18-3/h4-9,11,16H,10H2,1-3H3. The molecule has 18 heavy (non-hydrogen) atoms. The molecule has 2 rings (SSSR count). The lowest BCUT2D eigenvalue weighted by atomic mass is 10.1. The van der Waals surface area contributed by atoms with Crippen molar-refractivity contribution in [3.05, 3.63) is 48.0 Å². The second-order valence-electron chi connectivity index (χ2n) is 4.35. The van der Waals surface area contributed by atoms with Crippen LogP contribution in [0.25, 0.3) is 0 Å². The number of hydrogen-bond acceptors (Lipinski definition) is 3. The Morgan fingerprint density at radius 1 is 1.39 bits per heavy atom. The maximum absolute atomic E-state index is 5.20. The Labute approximate surface area is 108 Å². The minimum atomic E-state index is 0.156. The molecule has 0 radical (unpaired) electrons. The number of rotatable bonds is 5. The summed E-state index contributed by atoms with van der Waals surface area (Å²) in [6.07, 6.45) is 3.77. The number of methoxy groups -OCH3 is 1. The molecule has 0 aliphatic carbocycles. The van der Waals surface area contributed by atoms with Crippen LogP contribution in [0.5, 0.6) is 0 Å². The molecular weight excluding hydrogens is 226 g/mol. The number of nitrogens with zero attached hydrogens (tertiary/aromatic N) is 2. The zero-order valence-corrected chi connectivity index (χ0v) is 11.1. The van der Waals surface area contributed by atoms with Gasteiger partial charge in [0.05, 0.1) is 12.6 Å². The Morgan fingerprint density at radius 3 is 2.83 bits per heavy atom. The average Bonchev–Trinajstić information content (AvgIpc) is 2.78. The highest BCUT2D eigenvalue weighted by atomic mass is 16.5. The summed E-state index contributed by atoms with van der Waals surface area (Å²) in [5, 5.41) is 3.48. The highest BCUT2D eigenvalue weighted by Crippen LogP contribution is 2.21. The fourth-order valence-corrected chi connectivity index (χ4v) is 2.03. The number of ether oxygens (including phenoxy) is 1. The third-order valence-corrected chi connectivity index (χ3v) is 2.93. The maximum Gasteiger partial charge on any atom is 0.130 e. The molecule has 1 N–H and O–H groups in total. The molecule has 0 aliphatic rings. The molecule has 4 heteroatoms. The van der Waals surface area contributed by atoms with Crippen molar-refractivity contribution in [2.24, 2.45) is 7.05 Å². The van der Waals surface area contributed by atoms with Crippen LogP contribution in [0.4, 0.5) is 5.69 Å². The third-order valence-electron chi connectivity index (χ3n) is 2.93. The molecule has 0 fully saturated rings. The Morgan fingerprint density at radius 2 is 2.17 bits per heavy atom. The van der Waals surface area contributed by atoms with Crippen LogP contribution in [0.3, 0.4) is 0 Å². The second-order valence-corrected chi connectivity index (χ2v) is 4.35. The number of nitrogens with one attached hydrogen (secondary N) is 1. The molecule has 0 saturated heterocycles. The van der Waals surface area contributed by atoms with Crippen molar-refractivity contribution in [3.8, 4) is 0 Å². The summed E-state index contributed by atoms with van der Waals surface area (Å²) in [6.45, 7) is 2.71. The third kappa shape index (κ3) is 2.71. The molecule has 1 aromatic carbocycles. The fourth-order valence-electron chi connectivity index (χ4n) is 2.03. The molecule has 0 spiro atoms. The second kappa shape index (κ2) is 5.69. The lowest BCUT2D eigenvalue weighted by Gasteiger charge is -2.17. The number of benzene rings is 1. The van der Waals surface area contributed by atoms with Gasteiger partial charge in [-0.2, -0.15) is 0 Å². The van der Waals surface area contributed by atoms with E-state index in [4.69, 9.17) is 4.74 Å². The Balaban J connectivity index is 2.16. The van der Waals surface area contributed by atoms with E-state index in [0.29, 0.717) is 6.61 Å². The van der Waals surface area contributed by atoms with Crippen LogP contribution in [-0.4, -0.2) is 16.7 Å². The predicted molar refractivity (Wildman–Crippen MR) is 72.4 cm³/mol. The van der Waals surface area contributed by atoms with Gasteiger partial charge >= 0.3 is 0 Å². The summed E-state index contributed by atoms with van der Waals surface area (Å²) in [5.41, 5.74) is 2.25. The van der Waals surface area contributed by atoms with Crippen LogP contribution in [0.15, 0.2) is 36.7 Å². The van der Waals surface area contributed by atoms with E-state index in [0.717, 1.165) is 17.1 Å². The highest BCUT2D eigenvalue weighted by Gasteiger charge is 2.11. The van der Waals surface area contributed by atoms with Gasteiger partial charge in [0.15, 0.2) is 0 Å². The quantitative estimate of drug-likeness (QED) is 0.880. The zero-order valence-electron chi connectivity index (χ0n) is 11.1. The molecule has 1 atom stereocenters. The molecule has 2 aromatic rings. The maximum atomic E-state index is 5.20. The lowest BCUT2D eigenvalue weighted by Crippen LogP contribution is -2.13. The number of imidazole rings is 1. The summed E-state index contributed by atoms with van der Waals surface area (Å²) in [6, 6.07) is 8.32. The van der Waals surface area contributed by atoms with Crippen LogP contribution in [0.1, 0.15) is 24.4 Å². The SMILES string of the molecule is COCc1ccccc1NC(C)c1nccn1C. The Hall–Kier alpha value is -1.81. The average molecular weight is 245 g/mol. The first-order valence-electron chi connectivity index (χ1n) is 6.03. The molecule has 1 unspecified atom stereocenters. The van der Waals surface area contributed by atoms with Crippen LogP contribution < -0.4 is 5.32 Å². The number of anilines is 1. The van der Waals surface area contributed by atoms with Crippen molar-refractivity contribution < 1.29 is 4.74 Å². The summed E-state index contributed by atoms with van der Waals surface area (Å²) >= 11 is 0. The van der Waals surface area contributed by atoms with Gasteiger partial charge in [-0.25, -0.2) is 4.98 Å². The van der Waals surface area contributed by atoms with E-state index < -0.39 is 0 Å². The molecule has 1 aromatic heterocycles. The van der Waals surface area contributed by atoms with Gasteiger partial charge < -0.3 is 14.6 Å². The van der Waals surface area contributed by atoms with E-state index in [1.165, 1.54) is 0 Å². The fraction of sp³-hybridized carbons (Fsp3) is 0.357. The first kappa shape index (κ1) is 12.6. The molecule has 0 amide bonds. The minimum absolute atomic E-state index is 0.156. The van der Waals surface area contributed by atoms with Crippen molar-refractivity contribution in [2.75, 3.05) is 12.4 Å². The monoisotopic (exact) mass is 245 g/mol. The van der Waals surface area contributed by atoms with Crippen LogP contribution in [0, 0.1) is 0 Å². The van der Waals surface area contributed by atoms with E-state index >= 15 is 0 Å². The van der Waals surface area contributed by atoms with E-state index in [2.05, 4.69) is 29.4 Å². The Bertz CT molecular complexity index is 507. The van der Waals surface area contributed by atoms with Crippen LogP contribution in [0.2, 0.25) is 0 Å². The van der Waals surface area contributed by atoms with E-state index in [9.17, 15) is 0 Å². The van der Waals surface area contributed by atoms with E-state index in [1.54, 1.807) is 7.11 Å². The topological polar surface area (TPSA) is 39.1 Å². The molecule has 0 aliphatic heterocycles. The lowest BCUT2D eigenvalue weighted by molar-refractivity contribution is 0.185. The first-order valence-corrected chi connectivity index (χ1v) is 6.03. The smallest absolute Gasteiger partial charge is 0.130 e. The van der Waals surface area contributed by atoms with Crippen molar-refractivity contribution >= 4 is 5.69 Å². The summed E-state index contributed by atoms with van der Waals surface area (Å²) in [7, 11) is 3.71. The van der Waals surface area contributed by atoms with Crippen molar-refractivity contribution in [3.63, 3.8) is 0 Å². The van der Waals surface area contributed by atoms with Crippen LogP contribution >= 0.6 is 0 Å². The Kier molecular flexibility index (Phi) is 3.99. The van der Waals surface area contributed by atoms with Gasteiger partial charge in [0.25, 0.3) is 0 Å². The normalized spacial score (nSPS) is 12.4. The molecule has 0 bridgehead atoms. The van der Waals surface area contributed by atoms with Crippen molar-refractivity contribution in [2.45, 2.75) is 19.6 Å². The van der Waals surface area contributed by atoms with Gasteiger partial charge in [0.1, 0.15) is 5.82 Å². The predicted octanol–water partition coefficient (Wildman–Crippen LogP) is 2.74. The van der Waals surface area contributed by atoms with Crippen molar-refractivity contribution in [1.82, 2.24) is 9.55 Å². The van der Waals surface area contributed by atoms with E-state index in [1.807, 2.05) is 36.1 Å². The van der Waals surface area contributed by atoms with Gasteiger partial charge in [-0.15, -0.1) is 0 Å². The van der Waals surface area contributed by atoms with Gasteiger partial charge in [0.2, 0.25) is 0 Å². The zero-order chi connectivity index (χ0) is 13.0. The number of aromatic nitrogens is 2. The minimum Gasteiger partial charge on any atom is -0.380 e. The number of aryl methyl sites for hydroxylation is 1. The summed E-state index contributed by atoms with van der Waals surface area (Å²) < 4.78 is 7.23. The van der Waals surface area contributed by atoms with Gasteiger partial charge in [0, 0.05) is 37.8 Å². The molecule has 1 heterocycles. The van der Waals surface area contributed by atoms with Gasteiger partial charge in [-0.1, -0.05) is 18.2 Å². The first-order chi connectivity index (χ1) is 8.72. The van der Waals surface area contributed by atoms with Crippen molar-refractivity contribution in [1.29, 1.82) is 0 Å². The summed E-state index contributed by atoms with van der Waals surface area (Å²) in [4.78, 5) is 4.36. The van der Waals surface area contributed by atoms with Gasteiger partial charge in [-0.3, -0.25) is 0 Å². The molecular formula is C14H19N3O. The molecule has 0 saturated carbocycles. The largest absolute Gasteiger partial charge is 0.380 e. The highest BCUT2D eigenvalue weighted by molar-refractivity contribution is 5.51. The number of para-hydroxylation sites is 1. The summed E-state index contributed by atoms with van der Waals surface area (Å²) in [5.74, 6) is 1.02.